The molecule has 1 heterocycles. The van der Waals surface area contributed by atoms with Crippen molar-refractivity contribution in [2.75, 3.05) is 17.3 Å². The maximum Gasteiger partial charge on any atom is 0.239 e. The number of anilines is 2. The number of hydrogen-bond acceptors (Lipinski definition) is 6. The average Bonchev–Trinajstić information content (AvgIpc) is 2.47. The average molecular weight is 259 g/mol. The predicted octanol–water partition coefficient (Wildman–Crippen LogP) is 1.22. The van der Waals surface area contributed by atoms with E-state index in [0.717, 1.165) is 11.1 Å². The van der Waals surface area contributed by atoms with Gasteiger partial charge in [-0.1, -0.05) is 30.3 Å². The van der Waals surface area contributed by atoms with Crippen molar-refractivity contribution in [3.8, 4) is 0 Å². The summed E-state index contributed by atoms with van der Waals surface area (Å²) in [7, 11) is 0. The Morgan fingerprint density at radius 1 is 1.32 bits per heavy atom. The highest BCUT2D eigenvalue weighted by Crippen LogP contribution is 2.20. The van der Waals surface area contributed by atoms with Crippen LogP contribution in [0.3, 0.4) is 0 Å². The van der Waals surface area contributed by atoms with Gasteiger partial charge in [0.1, 0.15) is 5.82 Å². The molecule has 0 aliphatic heterocycles. The smallest absolute Gasteiger partial charge is 0.239 e. The standard InChI is InChI=1S/C13H17N5O/c1-9-7-15-13(18-14)17-12(9)16-11(8-19)10-5-3-2-4-6-10/h2-7,11,19H,8,14H2,1H3,(H2,15,16,17,18). The van der Waals surface area contributed by atoms with E-state index in [1.165, 1.54) is 0 Å². The highest BCUT2D eigenvalue weighted by Gasteiger charge is 2.12. The van der Waals surface area contributed by atoms with E-state index in [2.05, 4.69) is 20.7 Å². The molecular formula is C13H17N5O. The van der Waals surface area contributed by atoms with Gasteiger partial charge in [-0.2, -0.15) is 4.98 Å². The molecule has 0 saturated heterocycles. The van der Waals surface area contributed by atoms with Crippen LogP contribution in [0.4, 0.5) is 11.8 Å². The summed E-state index contributed by atoms with van der Waals surface area (Å²) in [5.74, 6) is 6.27. The molecule has 1 atom stereocenters. The monoisotopic (exact) mass is 259 g/mol. The van der Waals surface area contributed by atoms with E-state index in [9.17, 15) is 5.11 Å². The summed E-state index contributed by atoms with van der Waals surface area (Å²) in [5, 5.41) is 12.7. The third-order valence-electron chi connectivity index (χ3n) is 2.80. The Morgan fingerprint density at radius 2 is 2.05 bits per heavy atom. The van der Waals surface area contributed by atoms with Crippen molar-refractivity contribution < 1.29 is 5.11 Å². The van der Waals surface area contributed by atoms with Crippen LogP contribution >= 0.6 is 0 Å². The Bertz CT molecular complexity index is 532. The van der Waals surface area contributed by atoms with Crippen LogP contribution in [0, 0.1) is 6.92 Å². The van der Waals surface area contributed by atoms with Crippen LogP contribution in [0.1, 0.15) is 17.2 Å². The zero-order chi connectivity index (χ0) is 13.7. The summed E-state index contributed by atoms with van der Waals surface area (Å²) in [6.07, 6.45) is 1.67. The van der Waals surface area contributed by atoms with Gasteiger partial charge in [-0.15, -0.1) is 0 Å². The first kappa shape index (κ1) is 13.3. The molecule has 1 aromatic heterocycles. The minimum atomic E-state index is -0.222. The summed E-state index contributed by atoms with van der Waals surface area (Å²) >= 11 is 0. The SMILES string of the molecule is Cc1cnc(NN)nc1NC(CO)c1ccccc1. The quantitative estimate of drug-likeness (QED) is 0.476. The number of aromatic nitrogens is 2. The number of nitrogens with one attached hydrogen (secondary N) is 2. The van der Waals surface area contributed by atoms with Crippen molar-refractivity contribution in [3.05, 3.63) is 47.7 Å². The number of nitrogens with zero attached hydrogens (tertiary/aromatic N) is 2. The number of hydrazine groups is 1. The van der Waals surface area contributed by atoms with Gasteiger partial charge in [0.05, 0.1) is 12.6 Å². The Labute approximate surface area is 111 Å². The highest BCUT2D eigenvalue weighted by atomic mass is 16.3. The minimum absolute atomic E-state index is 0.0289. The van der Waals surface area contributed by atoms with Crippen molar-refractivity contribution in [2.24, 2.45) is 5.84 Å². The van der Waals surface area contributed by atoms with Crippen LogP contribution in [0.25, 0.3) is 0 Å². The van der Waals surface area contributed by atoms with Crippen LogP contribution in [0.5, 0.6) is 0 Å². The number of rotatable bonds is 5. The topological polar surface area (TPSA) is 96.1 Å². The highest BCUT2D eigenvalue weighted by molar-refractivity contribution is 5.48. The molecule has 1 unspecified atom stereocenters. The Morgan fingerprint density at radius 3 is 2.68 bits per heavy atom. The number of benzene rings is 1. The number of aliphatic hydroxyl groups excluding tert-OH is 1. The molecule has 5 N–H and O–H groups in total. The van der Waals surface area contributed by atoms with Gasteiger partial charge in [0.15, 0.2) is 0 Å². The van der Waals surface area contributed by atoms with E-state index in [4.69, 9.17) is 5.84 Å². The van der Waals surface area contributed by atoms with Crippen LogP contribution < -0.4 is 16.6 Å². The molecule has 0 spiro atoms. The van der Waals surface area contributed by atoms with Crippen molar-refractivity contribution >= 4 is 11.8 Å². The fourth-order valence-electron chi connectivity index (χ4n) is 1.74. The van der Waals surface area contributed by atoms with E-state index >= 15 is 0 Å². The maximum atomic E-state index is 9.51. The minimum Gasteiger partial charge on any atom is -0.394 e. The largest absolute Gasteiger partial charge is 0.394 e. The van der Waals surface area contributed by atoms with Gasteiger partial charge in [0, 0.05) is 11.8 Å². The summed E-state index contributed by atoms with van der Waals surface area (Å²) in [6.45, 7) is 1.86. The summed E-state index contributed by atoms with van der Waals surface area (Å²) < 4.78 is 0. The molecule has 100 valence electrons. The van der Waals surface area contributed by atoms with Crippen LogP contribution in [-0.2, 0) is 0 Å². The molecule has 0 radical (unpaired) electrons. The summed E-state index contributed by atoms with van der Waals surface area (Å²) in [4.78, 5) is 8.25. The summed E-state index contributed by atoms with van der Waals surface area (Å²) in [5.41, 5.74) is 4.27. The zero-order valence-electron chi connectivity index (χ0n) is 10.7. The number of hydrogen-bond donors (Lipinski definition) is 4. The number of aryl methyl sites for hydroxylation is 1. The second kappa shape index (κ2) is 6.12. The Balaban J connectivity index is 2.23. The van der Waals surface area contributed by atoms with Crippen LogP contribution in [0.2, 0.25) is 0 Å². The normalized spacial score (nSPS) is 11.9. The fraction of sp³-hybridized carbons (Fsp3) is 0.231. The first-order valence-electron chi connectivity index (χ1n) is 5.97. The lowest BCUT2D eigenvalue weighted by molar-refractivity contribution is 0.276. The third-order valence-corrected chi connectivity index (χ3v) is 2.80. The van der Waals surface area contributed by atoms with E-state index in [0.29, 0.717) is 11.8 Å². The molecule has 0 fully saturated rings. The van der Waals surface area contributed by atoms with Crippen molar-refractivity contribution in [3.63, 3.8) is 0 Å². The molecule has 0 aliphatic rings. The van der Waals surface area contributed by atoms with Gasteiger partial charge in [0.2, 0.25) is 5.95 Å². The van der Waals surface area contributed by atoms with Gasteiger partial charge in [-0.05, 0) is 12.5 Å². The molecule has 6 heteroatoms. The number of nitrogens with two attached hydrogens (primary N) is 1. The van der Waals surface area contributed by atoms with E-state index < -0.39 is 0 Å². The van der Waals surface area contributed by atoms with Gasteiger partial charge in [-0.3, -0.25) is 5.43 Å². The predicted molar refractivity (Wildman–Crippen MR) is 74.5 cm³/mol. The van der Waals surface area contributed by atoms with Crippen LogP contribution in [0.15, 0.2) is 36.5 Å². The number of aliphatic hydroxyl groups is 1. The van der Waals surface area contributed by atoms with Gasteiger partial charge < -0.3 is 10.4 Å². The van der Waals surface area contributed by atoms with E-state index in [1.54, 1.807) is 6.20 Å². The zero-order valence-corrected chi connectivity index (χ0v) is 10.7. The second-order valence-corrected chi connectivity index (χ2v) is 4.16. The number of nitrogen functional groups attached to an aromatic ring is 1. The summed E-state index contributed by atoms with van der Waals surface area (Å²) in [6, 6.07) is 9.47. The van der Waals surface area contributed by atoms with E-state index in [1.807, 2.05) is 37.3 Å². The van der Waals surface area contributed by atoms with Crippen molar-refractivity contribution in [1.82, 2.24) is 9.97 Å². The lowest BCUT2D eigenvalue weighted by atomic mass is 10.1. The Hall–Kier alpha value is -2.18. The first-order valence-corrected chi connectivity index (χ1v) is 5.97. The molecule has 19 heavy (non-hydrogen) atoms. The lowest BCUT2D eigenvalue weighted by Gasteiger charge is -2.18. The molecule has 0 aliphatic carbocycles. The molecule has 2 aromatic rings. The second-order valence-electron chi connectivity index (χ2n) is 4.16. The first-order chi connectivity index (χ1) is 9.24. The maximum absolute atomic E-state index is 9.51. The van der Waals surface area contributed by atoms with Crippen molar-refractivity contribution in [2.45, 2.75) is 13.0 Å². The van der Waals surface area contributed by atoms with E-state index in [-0.39, 0.29) is 12.6 Å². The molecule has 0 bridgehead atoms. The van der Waals surface area contributed by atoms with Gasteiger partial charge in [0.25, 0.3) is 0 Å². The fourth-order valence-corrected chi connectivity index (χ4v) is 1.74. The molecule has 0 amide bonds. The molecule has 1 aromatic carbocycles. The molecular weight excluding hydrogens is 242 g/mol. The molecule has 2 rings (SSSR count). The lowest BCUT2D eigenvalue weighted by Crippen LogP contribution is -2.18. The van der Waals surface area contributed by atoms with Gasteiger partial charge >= 0.3 is 0 Å². The Kier molecular flexibility index (Phi) is 4.27. The molecule has 0 saturated carbocycles. The van der Waals surface area contributed by atoms with Gasteiger partial charge in [-0.25, -0.2) is 10.8 Å². The van der Waals surface area contributed by atoms with Crippen LogP contribution in [-0.4, -0.2) is 21.7 Å². The van der Waals surface area contributed by atoms with Crippen molar-refractivity contribution in [1.29, 1.82) is 0 Å². The molecule has 6 nitrogen and oxygen atoms in total. The third kappa shape index (κ3) is 3.18.